The molecular formula is C12H19N3O2. The van der Waals surface area contributed by atoms with E-state index in [0.717, 1.165) is 31.7 Å². The molecule has 2 atom stereocenters. The van der Waals surface area contributed by atoms with Crippen LogP contribution in [0.2, 0.25) is 0 Å². The smallest absolute Gasteiger partial charge is 0.225 e. The summed E-state index contributed by atoms with van der Waals surface area (Å²) in [6.07, 6.45) is 6.17. The number of carbonyl (C=O) groups excluding carboxylic acids is 1. The molecule has 2 heterocycles. The number of amides is 1. The Bertz CT molecular complexity index is 351. The maximum Gasteiger partial charge on any atom is 0.225 e. The van der Waals surface area contributed by atoms with Crippen molar-refractivity contribution in [3.63, 3.8) is 0 Å². The molecule has 5 heteroatoms. The van der Waals surface area contributed by atoms with Crippen LogP contribution >= 0.6 is 0 Å². The minimum absolute atomic E-state index is 0.000325. The standard InChI is InChI=1S/C12H19N3O2/c1-9-10(3-2-8-17-9)12(16)15-5-4-11-13-6-7-14-11/h6-7,9-10H,2-5,8H2,1H3,(H,13,14)(H,15,16). The lowest BCUT2D eigenvalue weighted by molar-refractivity contribution is -0.133. The van der Waals surface area contributed by atoms with Gasteiger partial charge in [-0.25, -0.2) is 4.98 Å². The molecule has 2 rings (SSSR count). The summed E-state index contributed by atoms with van der Waals surface area (Å²) in [6, 6.07) is 0. The highest BCUT2D eigenvalue weighted by Gasteiger charge is 2.28. The highest BCUT2D eigenvalue weighted by molar-refractivity contribution is 5.79. The van der Waals surface area contributed by atoms with E-state index in [1.165, 1.54) is 0 Å². The third-order valence-corrected chi connectivity index (χ3v) is 3.16. The van der Waals surface area contributed by atoms with Crippen molar-refractivity contribution in [2.24, 2.45) is 5.92 Å². The number of rotatable bonds is 4. The molecule has 0 saturated carbocycles. The van der Waals surface area contributed by atoms with Gasteiger partial charge < -0.3 is 15.0 Å². The summed E-state index contributed by atoms with van der Waals surface area (Å²) in [5.74, 6) is 1.00. The van der Waals surface area contributed by atoms with Crippen LogP contribution in [0.15, 0.2) is 12.4 Å². The van der Waals surface area contributed by atoms with Crippen LogP contribution in [0.1, 0.15) is 25.6 Å². The zero-order valence-electron chi connectivity index (χ0n) is 10.1. The van der Waals surface area contributed by atoms with Crippen molar-refractivity contribution in [1.82, 2.24) is 15.3 Å². The lowest BCUT2D eigenvalue weighted by atomic mass is 9.94. The fourth-order valence-corrected chi connectivity index (χ4v) is 2.14. The normalized spacial score (nSPS) is 24.5. The average molecular weight is 237 g/mol. The molecule has 1 aromatic heterocycles. The first-order valence-corrected chi connectivity index (χ1v) is 6.15. The van der Waals surface area contributed by atoms with Crippen molar-refractivity contribution in [2.45, 2.75) is 32.3 Å². The van der Waals surface area contributed by atoms with Crippen LogP contribution in [0.3, 0.4) is 0 Å². The SMILES string of the molecule is CC1OCCCC1C(=O)NCCc1ncc[nH]1. The van der Waals surface area contributed by atoms with Gasteiger partial charge in [0.15, 0.2) is 0 Å². The van der Waals surface area contributed by atoms with Crippen LogP contribution < -0.4 is 5.32 Å². The summed E-state index contributed by atoms with van der Waals surface area (Å²) in [5, 5.41) is 2.94. The van der Waals surface area contributed by atoms with Crippen molar-refractivity contribution in [2.75, 3.05) is 13.2 Å². The lowest BCUT2D eigenvalue weighted by Crippen LogP contribution is -2.40. The van der Waals surface area contributed by atoms with Gasteiger partial charge in [-0.1, -0.05) is 0 Å². The molecule has 2 N–H and O–H groups in total. The second kappa shape index (κ2) is 5.82. The molecule has 1 amide bonds. The molecule has 5 nitrogen and oxygen atoms in total. The molecule has 0 spiro atoms. The van der Waals surface area contributed by atoms with Gasteiger partial charge in [-0.2, -0.15) is 0 Å². The van der Waals surface area contributed by atoms with Crippen LogP contribution in [0.4, 0.5) is 0 Å². The molecule has 0 aliphatic carbocycles. The van der Waals surface area contributed by atoms with E-state index in [9.17, 15) is 4.79 Å². The lowest BCUT2D eigenvalue weighted by Gasteiger charge is -2.27. The Morgan fingerprint density at radius 3 is 3.29 bits per heavy atom. The Morgan fingerprint density at radius 1 is 1.71 bits per heavy atom. The van der Waals surface area contributed by atoms with Crippen LogP contribution in [0, 0.1) is 5.92 Å². The van der Waals surface area contributed by atoms with Crippen molar-refractivity contribution < 1.29 is 9.53 Å². The second-order valence-corrected chi connectivity index (χ2v) is 4.40. The number of carbonyl (C=O) groups is 1. The highest BCUT2D eigenvalue weighted by Crippen LogP contribution is 2.20. The molecule has 0 aromatic carbocycles. The summed E-state index contributed by atoms with van der Waals surface area (Å²) < 4.78 is 5.48. The Morgan fingerprint density at radius 2 is 2.59 bits per heavy atom. The monoisotopic (exact) mass is 237 g/mol. The van der Waals surface area contributed by atoms with Crippen LogP contribution in [-0.4, -0.2) is 35.1 Å². The topological polar surface area (TPSA) is 67.0 Å². The fourth-order valence-electron chi connectivity index (χ4n) is 2.14. The van der Waals surface area contributed by atoms with Crippen LogP contribution in [-0.2, 0) is 16.0 Å². The third-order valence-electron chi connectivity index (χ3n) is 3.16. The van der Waals surface area contributed by atoms with E-state index in [1.54, 1.807) is 12.4 Å². The van der Waals surface area contributed by atoms with Gasteiger partial charge in [-0.15, -0.1) is 0 Å². The van der Waals surface area contributed by atoms with E-state index in [4.69, 9.17) is 4.74 Å². The minimum Gasteiger partial charge on any atom is -0.378 e. The third kappa shape index (κ3) is 3.30. The molecule has 0 radical (unpaired) electrons. The first kappa shape index (κ1) is 12.1. The Labute approximate surface area is 101 Å². The average Bonchev–Trinajstić information content (AvgIpc) is 2.82. The molecule has 1 fully saturated rings. The van der Waals surface area contributed by atoms with E-state index >= 15 is 0 Å². The quantitative estimate of drug-likeness (QED) is 0.817. The maximum absolute atomic E-state index is 11.9. The van der Waals surface area contributed by atoms with Crippen LogP contribution in [0.25, 0.3) is 0 Å². The highest BCUT2D eigenvalue weighted by atomic mass is 16.5. The first-order chi connectivity index (χ1) is 8.27. The maximum atomic E-state index is 11.9. The molecule has 2 unspecified atom stereocenters. The van der Waals surface area contributed by atoms with E-state index in [1.807, 2.05) is 6.92 Å². The number of nitrogens with zero attached hydrogens (tertiary/aromatic N) is 1. The summed E-state index contributed by atoms with van der Waals surface area (Å²) in [5.41, 5.74) is 0. The van der Waals surface area contributed by atoms with Gasteiger partial charge in [0.05, 0.1) is 12.0 Å². The molecule has 17 heavy (non-hydrogen) atoms. The van der Waals surface area contributed by atoms with Gasteiger partial charge in [0.1, 0.15) is 5.82 Å². The van der Waals surface area contributed by atoms with Crippen molar-refractivity contribution in [3.05, 3.63) is 18.2 Å². The number of imidazole rings is 1. The van der Waals surface area contributed by atoms with E-state index in [0.29, 0.717) is 6.54 Å². The van der Waals surface area contributed by atoms with Gasteiger partial charge >= 0.3 is 0 Å². The number of nitrogens with one attached hydrogen (secondary N) is 2. The molecule has 1 aliphatic heterocycles. The number of aromatic amines is 1. The molecular weight excluding hydrogens is 218 g/mol. The van der Waals surface area contributed by atoms with E-state index in [2.05, 4.69) is 15.3 Å². The fraction of sp³-hybridized carbons (Fsp3) is 0.667. The van der Waals surface area contributed by atoms with Gasteiger partial charge in [0.25, 0.3) is 0 Å². The zero-order valence-corrected chi connectivity index (χ0v) is 10.1. The van der Waals surface area contributed by atoms with Gasteiger partial charge in [-0.05, 0) is 19.8 Å². The minimum atomic E-state index is 0.000325. The molecule has 1 aromatic rings. The Kier molecular flexibility index (Phi) is 4.14. The molecule has 1 saturated heterocycles. The number of ether oxygens (including phenoxy) is 1. The number of H-pyrrole nitrogens is 1. The number of hydrogen-bond donors (Lipinski definition) is 2. The first-order valence-electron chi connectivity index (χ1n) is 6.15. The largest absolute Gasteiger partial charge is 0.378 e. The molecule has 1 aliphatic rings. The predicted octanol–water partition coefficient (Wildman–Crippen LogP) is 0.883. The van der Waals surface area contributed by atoms with Crippen molar-refractivity contribution >= 4 is 5.91 Å². The summed E-state index contributed by atoms with van der Waals surface area (Å²) in [6.45, 7) is 3.36. The van der Waals surface area contributed by atoms with Gasteiger partial charge in [-0.3, -0.25) is 4.79 Å². The van der Waals surface area contributed by atoms with E-state index < -0.39 is 0 Å². The molecule has 94 valence electrons. The van der Waals surface area contributed by atoms with Gasteiger partial charge in [0, 0.05) is 32.0 Å². The van der Waals surface area contributed by atoms with E-state index in [-0.39, 0.29) is 17.9 Å². The van der Waals surface area contributed by atoms with Crippen LogP contribution in [0.5, 0.6) is 0 Å². The Hall–Kier alpha value is -1.36. The Balaban J connectivity index is 1.73. The number of hydrogen-bond acceptors (Lipinski definition) is 3. The second-order valence-electron chi connectivity index (χ2n) is 4.40. The summed E-state index contributed by atoms with van der Waals surface area (Å²) >= 11 is 0. The zero-order chi connectivity index (χ0) is 12.1. The predicted molar refractivity (Wildman–Crippen MR) is 63.4 cm³/mol. The number of aromatic nitrogens is 2. The van der Waals surface area contributed by atoms with Crippen molar-refractivity contribution in [3.8, 4) is 0 Å². The summed E-state index contributed by atoms with van der Waals surface area (Å²) in [4.78, 5) is 19.0. The van der Waals surface area contributed by atoms with Gasteiger partial charge in [0.2, 0.25) is 5.91 Å². The molecule has 0 bridgehead atoms. The van der Waals surface area contributed by atoms with Crippen molar-refractivity contribution in [1.29, 1.82) is 0 Å². The summed E-state index contributed by atoms with van der Waals surface area (Å²) in [7, 11) is 0.